The van der Waals surface area contributed by atoms with Crippen LogP contribution in [0.3, 0.4) is 0 Å². The van der Waals surface area contributed by atoms with Gasteiger partial charge in [-0.2, -0.15) is 0 Å². The third-order valence-electron chi connectivity index (χ3n) is 7.09. The average Bonchev–Trinajstić information content (AvgIpc) is 3.49. The molecule has 4 heterocycles. The van der Waals surface area contributed by atoms with Crippen molar-refractivity contribution >= 4 is 34.1 Å². The molecule has 33 heavy (non-hydrogen) atoms. The standard InChI is InChI=1S/C24H37N5O2S2/c1-4-24(2,3)19-13-26-20(31-19)16-32-21-14-27-23(33-21)28-22(30)18-7-11-29(12-8-18)15-17-5-9-25-10-6-17/h13-14,17-18,25H,4-12,15-16H2,1-3H3,(H,27,28,30). The van der Waals surface area contributed by atoms with Gasteiger partial charge in [0.25, 0.3) is 0 Å². The second kappa shape index (κ2) is 11.3. The Morgan fingerprint density at radius 3 is 2.73 bits per heavy atom. The summed E-state index contributed by atoms with van der Waals surface area (Å²) in [5.74, 6) is 3.32. The van der Waals surface area contributed by atoms with Crippen molar-refractivity contribution in [1.82, 2.24) is 20.2 Å². The Balaban J connectivity index is 1.20. The average molecular weight is 492 g/mol. The van der Waals surface area contributed by atoms with E-state index in [1.807, 2.05) is 12.4 Å². The first-order valence-electron chi connectivity index (χ1n) is 12.2. The van der Waals surface area contributed by atoms with Crippen LogP contribution >= 0.6 is 23.1 Å². The van der Waals surface area contributed by atoms with Crippen LogP contribution in [0.5, 0.6) is 0 Å². The molecule has 4 rings (SSSR count). The largest absolute Gasteiger partial charge is 0.444 e. The summed E-state index contributed by atoms with van der Waals surface area (Å²) in [5, 5.41) is 7.17. The Hall–Kier alpha value is -1.42. The van der Waals surface area contributed by atoms with E-state index in [-0.39, 0.29) is 17.2 Å². The van der Waals surface area contributed by atoms with Gasteiger partial charge in [-0.15, -0.1) is 11.8 Å². The molecule has 1 amide bonds. The summed E-state index contributed by atoms with van der Waals surface area (Å²) >= 11 is 3.16. The first-order chi connectivity index (χ1) is 15.9. The first kappa shape index (κ1) is 24.7. The smallest absolute Gasteiger partial charge is 0.229 e. The molecule has 2 aromatic rings. The zero-order valence-corrected chi connectivity index (χ0v) is 21.7. The van der Waals surface area contributed by atoms with E-state index >= 15 is 0 Å². The molecule has 2 fully saturated rings. The molecule has 7 nitrogen and oxygen atoms in total. The fraction of sp³-hybridized carbons (Fsp3) is 0.708. The topological polar surface area (TPSA) is 83.3 Å². The summed E-state index contributed by atoms with van der Waals surface area (Å²) in [6, 6.07) is 0. The number of rotatable bonds is 9. The predicted molar refractivity (Wildman–Crippen MR) is 135 cm³/mol. The van der Waals surface area contributed by atoms with Crippen molar-refractivity contribution in [2.45, 2.75) is 68.3 Å². The highest BCUT2D eigenvalue weighted by atomic mass is 32.2. The monoisotopic (exact) mass is 491 g/mol. The number of hydrogen-bond donors (Lipinski definition) is 2. The maximum Gasteiger partial charge on any atom is 0.229 e. The predicted octanol–water partition coefficient (Wildman–Crippen LogP) is 4.76. The van der Waals surface area contributed by atoms with Crippen molar-refractivity contribution in [2.24, 2.45) is 11.8 Å². The maximum atomic E-state index is 12.8. The van der Waals surface area contributed by atoms with Crippen LogP contribution in [0.1, 0.15) is 64.5 Å². The maximum absolute atomic E-state index is 12.8. The van der Waals surface area contributed by atoms with Crippen molar-refractivity contribution in [1.29, 1.82) is 0 Å². The minimum absolute atomic E-state index is 0.00135. The highest BCUT2D eigenvalue weighted by Crippen LogP contribution is 2.33. The number of nitrogens with zero attached hydrogens (tertiary/aromatic N) is 3. The van der Waals surface area contributed by atoms with Crippen LogP contribution in [0.25, 0.3) is 0 Å². The molecular formula is C24H37N5O2S2. The van der Waals surface area contributed by atoms with E-state index in [0.717, 1.165) is 67.2 Å². The molecule has 9 heteroatoms. The van der Waals surface area contributed by atoms with Crippen LogP contribution in [-0.2, 0) is 16.0 Å². The Morgan fingerprint density at radius 1 is 1.24 bits per heavy atom. The molecule has 2 aliphatic rings. The van der Waals surface area contributed by atoms with Crippen LogP contribution in [0.15, 0.2) is 21.0 Å². The molecule has 0 unspecified atom stereocenters. The highest BCUT2D eigenvalue weighted by Gasteiger charge is 2.27. The molecule has 0 aliphatic carbocycles. The van der Waals surface area contributed by atoms with E-state index in [1.54, 1.807) is 11.8 Å². The Morgan fingerprint density at radius 2 is 2.00 bits per heavy atom. The molecule has 0 radical (unpaired) electrons. The third-order valence-corrected chi connectivity index (χ3v) is 9.18. The van der Waals surface area contributed by atoms with Gasteiger partial charge in [-0.3, -0.25) is 4.79 Å². The summed E-state index contributed by atoms with van der Waals surface area (Å²) in [4.78, 5) is 24.2. The quantitative estimate of drug-likeness (QED) is 0.489. The van der Waals surface area contributed by atoms with Crippen LogP contribution in [0.4, 0.5) is 5.13 Å². The number of aromatic nitrogens is 2. The molecule has 2 aromatic heterocycles. The third kappa shape index (κ3) is 6.81. The van der Waals surface area contributed by atoms with Crippen LogP contribution in [0.2, 0.25) is 0 Å². The van der Waals surface area contributed by atoms with Crippen LogP contribution in [0, 0.1) is 11.8 Å². The molecule has 2 saturated heterocycles. The van der Waals surface area contributed by atoms with Crippen molar-refractivity contribution < 1.29 is 9.21 Å². The molecule has 0 atom stereocenters. The van der Waals surface area contributed by atoms with E-state index in [2.05, 4.69) is 46.3 Å². The fourth-order valence-electron chi connectivity index (χ4n) is 4.40. The van der Waals surface area contributed by atoms with E-state index in [9.17, 15) is 4.79 Å². The van der Waals surface area contributed by atoms with Gasteiger partial charge in [0.05, 0.1) is 22.4 Å². The number of hydrogen-bond acceptors (Lipinski definition) is 8. The number of nitrogens with one attached hydrogen (secondary N) is 2. The Bertz CT molecular complexity index is 898. The van der Waals surface area contributed by atoms with Gasteiger partial charge in [-0.1, -0.05) is 32.1 Å². The number of piperidine rings is 2. The molecule has 2 N–H and O–H groups in total. The Kier molecular flexibility index (Phi) is 8.48. The van der Waals surface area contributed by atoms with Gasteiger partial charge >= 0.3 is 0 Å². The molecule has 182 valence electrons. The second-order valence-corrected chi connectivity index (χ2v) is 12.2. The summed E-state index contributed by atoms with van der Waals surface area (Å²) < 4.78 is 7.00. The summed E-state index contributed by atoms with van der Waals surface area (Å²) in [6.07, 6.45) is 9.10. The molecule has 2 aliphatic heterocycles. The van der Waals surface area contributed by atoms with Gasteiger partial charge < -0.3 is 20.0 Å². The van der Waals surface area contributed by atoms with Crippen molar-refractivity contribution in [2.75, 3.05) is 38.0 Å². The summed E-state index contributed by atoms with van der Waals surface area (Å²) in [6.45, 7) is 12.0. The summed E-state index contributed by atoms with van der Waals surface area (Å²) in [7, 11) is 0. The number of anilines is 1. The number of oxazole rings is 1. The lowest BCUT2D eigenvalue weighted by atomic mass is 9.88. The number of amides is 1. The van der Waals surface area contributed by atoms with Crippen LogP contribution < -0.4 is 10.6 Å². The molecule has 0 saturated carbocycles. The van der Waals surface area contributed by atoms with E-state index in [4.69, 9.17) is 4.42 Å². The van der Waals surface area contributed by atoms with E-state index in [1.165, 1.54) is 30.7 Å². The number of likely N-dealkylation sites (tertiary alicyclic amines) is 1. The SMILES string of the molecule is CCC(C)(C)c1cnc(CSc2cnc(NC(=O)C3CCN(CC4CCNCC4)CC3)s2)o1. The number of thiazole rings is 1. The Labute approximate surface area is 205 Å². The molecular weight excluding hydrogens is 454 g/mol. The number of thioether (sulfide) groups is 1. The number of carbonyl (C=O) groups is 1. The van der Waals surface area contributed by atoms with Gasteiger partial charge in [0.2, 0.25) is 11.8 Å². The number of carbonyl (C=O) groups excluding carboxylic acids is 1. The van der Waals surface area contributed by atoms with Crippen molar-refractivity contribution in [3.8, 4) is 0 Å². The van der Waals surface area contributed by atoms with Gasteiger partial charge in [-0.05, 0) is 64.2 Å². The lowest BCUT2D eigenvalue weighted by molar-refractivity contribution is -0.121. The van der Waals surface area contributed by atoms with E-state index < -0.39 is 0 Å². The summed E-state index contributed by atoms with van der Waals surface area (Å²) in [5.41, 5.74) is 0.00135. The minimum Gasteiger partial charge on any atom is -0.444 e. The minimum atomic E-state index is 0.00135. The van der Waals surface area contributed by atoms with Gasteiger partial charge in [0, 0.05) is 17.9 Å². The van der Waals surface area contributed by atoms with Gasteiger partial charge in [0.15, 0.2) is 5.13 Å². The van der Waals surface area contributed by atoms with Gasteiger partial charge in [0.1, 0.15) is 5.76 Å². The normalized spacial score (nSPS) is 19.1. The lowest BCUT2D eigenvalue weighted by Gasteiger charge is -2.34. The molecule has 0 bridgehead atoms. The molecule has 0 aromatic carbocycles. The van der Waals surface area contributed by atoms with Crippen molar-refractivity contribution in [3.63, 3.8) is 0 Å². The first-order valence-corrected chi connectivity index (χ1v) is 14.0. The van der Waals surface area contributed by atoms with Crippen molar-refractivity contribution in [3.05, 3.63) is 24.0 Å². The fourth-order valence-corrected chi connectivity index (χ4v) is 6.12. The molecule has 0 spiro atoms. The van der Waals surface area contributed by atoms with E-state index in [0.29, 0.717) is 10.9 Å². The zero-order chi connectivity index (χ0) is 23.3. The second-order valence-electron chi connectivity index (χ2n) is 9.89. The zero-order valence-electron chi connectivity index (χ0n) is 20.1. The van der Waals surface area contributed by atoms with Crippen LogP contribution in [-0.4, -0.2) is 53.5 Å². The highest BCUT2D eigenvalue weighted by molar-refractivity contribution is 8.00. The van der Waals surface area contributed by atoms with Gasteiger partial charge in [-0.25, -0.2) is 9.97 Å². The lowest BCUT2D eigenvalue weighted by Crippen LogP contribution is -2.42.